The van der Waals surface area contributed by atoms with Crippen LogP contribution in [0.5, 0.6) is 5.75 Å². The highest BCUT2D eigenvalue weighted by atomic mass is 32.2. The normalized spacial score (nSPS) is 12.5. The van der Waals surface area contributed by atoms with E-state index >= 15 is 0 Å². The Kier molecular flexibility index (Phi) is 5.31. The van der Waals surface area contributed by atoms with Gasteiger partial charge in [-0.05, 0) is 45.2 Å². The second kappa shape index (κ2) is 6.51. The Bertz CT molecular complexity index is 365. The van der Waals surface area contributed by atoms with Crippen LogP contribution in [0.1, 0.15) is 13.8 Å². The van der Waals surface area contributed by atoms with Gasteiger partial charge < -0.3 is 9.84 Å². The van der Waals surface area contributed by atoms with Gasteiger partial charge in [-0.2, -0.15) is 0 Å². The molecule has 0 spiro atoms. The zero-order valence-corrected chi connectivity index (χ0v) is 11.0. The molecule has 0 aromatic heterocycles. The second-order valence-corrected chi connectivity index (χ2v) is 4.94. The molecule has 1 unspecified atom stereocenters. The summed E-state index contributed by atoms with van der Waals surface area (Å²) < 4.78 is 5.51. The minimum atomic E-state index is -0.875. The smallest absolute Gasteiger partial charge is 0.331 e. The Morgan fingerprint density at radius 3 is 2.35 bits per heavy atom. The summed E-state index contributed by atoms with van der Waals surface area (Å²) in [6.45, 7) is 3.92. The SMILES string of the molecule is CNC(Sc1ccc(OC(C)C)cc1)C(=O)O. The monoisotopic (exact) mass is 255 g/mol. The van der Waals surface area contributed by atoms with Crippen molar-refractivity contribution in [2.45, 2.75) is 30.2 Å². The predicted octanol–water partition coefficient (Wildman–Crippen LogP) is 2.20. The maximum Gasteiger partial charge on any atom is 0.331 e. The Balaban J connectivity index is 2.64. The molecule has 0 fully saturated rings. The first-order valence-electron chi connectivity index (χ1n) is 5.36. The van der Waals surface area contributed by atoms with Crippen LogP contribution in [0.4, 0.5) is 0 Å². The molecule has 2 N–H and O–H groups in total. The van der Waals surface area contributed by atoms with Crippen molar-refractivity contribution in [2.75, 3.05) is 7.05 Å². The number of likely N-dealkylation sites (N-methyl/N-ethyl adjacent to an activating group) is 1. The Morgan fingerprint density at radius 1 is 1.35 bits per heavy atom. The molecule has 0 amide bonds. The van der Waals surface area contributed by atoms with E-state index in [2.05, 4.69) is 5.32 Å². The fraction of sp³-hybridized carbons (Fsp3) is 0.417. The minimum absolute atomic E-state index is 0.137. The lowest BCUT2D eigenvalue weighted by atomic mass is 10.3. The molecule has 17 heavy (non-hydrogen) atoms. The predicted molar refractivity (Wildman–Crippen MR) is 68.5 cm³/mol. The molecule has 1 aromatic carbocycles. The first kappa shape index (κ1) is 13.9. The number of hydrogen-bond donors (Lipinski definition) is 2. The van der Waals surface area contributed by atoms with Crippen molar-refractivity contribution in [3.63, 3.8) is 0 Å². The average Bonchev–Trinajstić information content (AvgIpc) is 2.26. The van der Waals surface area contributed by atoms with Crippen molar-refractivity contribution in [1.29, 1.82) is 0 Å². The van der Waals surface area contributed by atoms with Crippen molar-refractivity contribution in [1.82, 2.24) is 5.32 Å². The van der Waals surface area contributed by atoms with Gasteiger partial charge in [0.1, 0.15) is 5.75 Å². The maximum atomic E-state index is 10.8. The molecule has 0 aliphatic carbocycles. The number of nitrogens with one attached hydrogen (secondary N) is 1. The van der Waals surface area contributed by atoms with Crippen molar-refractivity contribution in [3.8, 4) is 5.75 Å². The Labute approximate surface area is 105 Å². The van der Waals surface area contributed by atoms with Gasteiger partial charge in [-0.25, -0.2) is 4.79 Å². The molecule has 1 atom stereocenters. The van der Waals surface area contributed by atoms with Crippen molar-refractivity contribution >= 4 is 17.7 Å². The highest BCUT2D eigenvalue weighted by Gasteiger charge is 2.15. The van der Waals surface area contributed by atoms with Gasteiger partial charge in [0, 0.05) is 4.90 Å². The second-order valence-electron chi connectivity index (χ2n) is 3.76. The number of ether oxygens (including phenoxy) is 1. The van der Waals surface area contributed by atoms with Gasteiger partial charge >= 0.3 is 5.97 Å². The highest BCUT2D eigenvalue weighted by Crippen LogP contribution is 2.24. The van der Waals surface area contributed by atoms with Crippen LogP contribution in [0.15, 0.2) is 29.2 Å². The third-order valence-corrected chi connectivity index (χ3v) is 3.15. The van der Waals surface area contributed by atoms with Gasteiger partial charge in [-0.1, -0.05) is 11.8 Å². The molecule has 5 heteroatoms. The van der Waals surface area contributed by atoms with E-state index < -0.39 is 11.3 Å². The van der Waals surface area contributed by atoms with Crippen LogP contribution in [0.3, 0.4) is 0 Å². The summed E-state index contributed by atoms with van der Waals surface area (Å²) in [7, 11) is 1.63. The van der Waals surface area contributed by atoms with Gasteiger partial charge in [-0.15, -0.1) is 0 Å². The summed E-state index contributed by atoms with van der Waals surface area (Å²) in [5.74, 6) is -0.0827. The fourth-order valence-corrected chi connectivity index (χ4v) is 2.02. The molecular weight excluding hydrogens is 238 g/mol. The summed E-state index contributed by atoms with van der Waals surface area (Å²) >= 11 is 1.26. The lowest BCUT2D eigenvalue weighted by Gasteiger charge is -2.12. The average molecular weight is 255 g/mol. The van der Waals surface area contributed by atoms with E-state index in [4.69, 9.17) is 9.84 Å². The number of carboxylic acids is 1. The molecule has 4 nitrogen and oxygen atoms in total. The van der Waals surface area contributed by atoms with E-state index in [9.17, 15) is 4.79 Å². The van der Waals surface area contributed by atoms with Gasteiger partial charge in [-0.3, -0.25) is 5.32 Å². The number of benzene rings is 1. The summed E-state index contributed by atoms with van der Waals surface area (Å²) in [6, 6.07) is 7.40. The first-order valence-corrected chi connectivity index (χ1v) is 6.24. The molecule has 1 aromatic rings. The standard InChI is InChI=1S/C12H17NO3S/c1-8(2)16-9-4-6-10(7-5-9)17-11(13-3)12(14)15/h4-8,11,13H,1-3H3,(H,14,15). The molecule has 0 aliphatic rings. The molecule has 0 saturated carbocycles. The van der Waals surface area contributed by atoms with Gasteiger partial charge in [0.25, 0.3) is 0 Å². The van der Waals surface area contributed by atoms with Crippen LogP contribution in [0.2, 0.25) is 0 Å². The molecule has 0 radical (unpaired) electrons. The fourth-order valence-electron chi connectivity index (χ4n) is 1.24. The van der Waals surface area contributed by atoms with Gasteiger partial charge in [0.05, 0.1) is 6.10 Å². The summed E-state index contributed by atoms with van der Waals surface area (Å²) in [6.07, 6.45) is 0.137. The van der Waals surface area contributed by atoms with Crippen LogP contribution in [-0.2, 0) is 4.79 Å². The third-order valence-electron chi connectivity index (χ3n) is 1.94. The maximum absolute atomic E-state index is 10.8. The molecule has 0 bridgehead atoms. The van der Waals surface area contributed by atoms with E-state index in [0.717, 1.165) is 10.6 Å². The van der Waals surface area contributed by atoms with Crippen molar-refractivity contribution < 1.29 is 14.6 Å². The molecule has 0 saturated heterocycles. The van der Waals surface area contributed by atoms with Crippen molar-refractivity contribution in [2.24, 2.45) is 0 Å². The Morgan fingerprint density at radius 2 is 1.94 bits per heavy atom. The van der Waals surface area contributed by atoms with Gasteiger partial charge in [0.15, 0.2) is 5.37 Å². The van der Waals surface area contributed by atoms with E-state index in [1.807, 2.05) is 38.1 Å². The zero-order chi connectivity index (χ0) is 12.8. The van der Waals surface area contributed by atoms with E-state index in [-0.39, 0.29) is 6.10 Å². The van der Waals surface area contributed by atoms with Crippen LogP contribution in [0.25, 0.3) is 0 Å². The Hall–Kier alpha value is -1.20. The highest BCUT2D eigenvalue weighted by molar-refractivity contribution is 8.00. The number of thioether (sulfide) groups is 1. The minimum Gasteiger partial charge on any atom is -0.491 e. The van der Waals surface area contributed by atoms with Crippen molar-refractivity contribution in [3.05, 3.63) is 24.3 Å². The lowest BCUT2D eigenvalue weighted by Crippen LogP contribution is -2.30. The topological polar surface area (TPSA) is 58.6 Å². The molecular formula is C12H17NO3S. The number of carbonyl (C=O) groups is 1. The molecule has 0 aliphatic heterocycles. The molecule has 1 rings (SSSR count). The van der Waals surface area contributed by atoms with E-state index in [1.165, 1.54) is 11.8 Å². The molecule has 0 heterocycles. The summed E-state index contributed by atoms with van der Waals surface area (Å²) in [5.41, 5.74) is 0. The number of rotatable bonds is 6. The summed E-state index contributed by atoms with van der Waals surface area (Å²) in [4.78, 5) is 11.7. The number of aliphatic carboxylic acids is 1. The number of hydrogen-bond acceptors (Lipinski definition) is 4. The third kappa shape index (κ3) is 4.66. The van der Waals surface area contributed by atoms with Crippen LogP contribution >= 0.6 is 11.8 Å². The van der Waals surface area contributed by atoms with Gasteiger partial charge in [0.2, 0.25) is 0 Å². The quantitative estimate of drug-likeness (QED) is 0.603. The van der Waals surface area contributed by atoms with Crippen LogP contribution < -0.4 is 10.1 Å². The molecule has 94 valence electrons. The zero-order valence-electron chi connectivity index (χ0n) is 10.1. The largest absolute Gasteiger partial charge is 0.491 e. The van der Waals surface area contributed by atoms with Crippen LogP contribution in [0, 0.1) is 0 Å². The summed E-state index contributed by atoms with van der Waals surface area (Å²) in [5, 5.41) is 11.0. The first-order chi connectivity index (χ1) is 8.02. The van der Waals surface area contributed by atoms with E-state index in [1.54, 1.807) is 7.05 Å². The van der Waals surface area contributed by atoms with Crippen LogP contribution in [-0.4, -0.2) is 29.6 Å². The lowest BCUT2D eigenvalue weighted by molar-refractivity contribution is -0.136. The van der Waals surface area contributed by atoms with E-state index in [0.29, 0.717) is 0 Å². The number of carboxylic acid groups (broad SMARTS) is 1.